The summed E-state index contributed by atoms with van der Waals surface area (Å²) >= 11 is 0. The van der Waals surface area contributed by atoms with Gasteiger partial charge in [-0.2, -0.15) is 0 Å². The minimum Gasteiger partial charge on any atom is -0.393 e. The lowest BCUT2D eigenvalue weighted by Gasteiger charge is -2.17. The maximum atomic E-state index is 9.62. The van der Waals surface area contributed by atoms with Crippen LogP contribution in [0.15, 0.2) is 12.4 Å². The first kappa shape index (κ1) is 15.2. The molecule has 1 aromatic heterocycles. The van der Waals surface area contributed by atoms with E-state index in [2.05, 4.69) is 20.2 Å². The maximum absolute atomic E-state index is 9.62. The van der Waals surface area contributed by atoms with Crippen LogP contribution in [-0.2, 0) is 11.3 Å². The summed E-state index contributed by atoms with van der Waals surface area (Å²) in [6, 6.07) is 0. The molecule has 0 radical (unpaired) electrons. The summed E-state index contributed by atoms with van der Waals surface area (Å²) in [6.45, 7) is 5.88. The first-order chi connectivity index (χ1) is 9.70. The number of nitrogens with one attached hydrogen (secondary N) is 1. The van der Waals surface area contributed by atoms with E-state index in [4.69, 9.17) is 4.74 Å². The molecular formula is C14H24N4O2. The van der Waals surface area contributed by atoms with Crippen molar-refractivity contribution in [3.63, 3.8) is 0 Å². The average Bonchev–Trinajstić information content (AvgIpc) is 2.94. The standard InChI is InChI=1S/C14H24N4O2/c1-11(19)13-3-5-18(10-13)14-16-8-12(9-17-14)7-15-4-6-20-2/h8-9,11,13,15,19H,3-7,10H2,1-2H3. The van der Waals surface area contributed by atoms with Crippen molar-refractivity contribution in [2.75, 3.05) is 38.3 Å². The molecule has 0 aliphatic carbocycles. The molecule has 1 fully saturated rings. The van der Waals surface area contributed by atoms with Crippen molar-refractivity contribution >= 4 is 5.95 Å². The van der Waals surface area contributed by atoms with Crippen molar-refractivity contribution in [3.05, 3.63) is 18.0 Å². The Hall–Kier alpha value is -1.24. The quantitative estimate of drug-likeness (QED) is 0.705. The first-order valence-corrected chi connectivity index (χ1v) is 7.14. The monoisotopic (exact) mass is 280 g/mol. The Morgan fingerprint density at radius 2 is 2.25 bits per heavy atom. The van der Waals surface area contributed by atoms with Gasteiger partial charge >= 0.3 is 0 Å². The number of hydrogen-bond acceptors (Lipinski definition) is 6. The zero-order chi connectivity index (χ0) is 14.4. The summed E-state index contributed by atoms with van der Waals surface area (Å²) in [4.78, 5) is 11.0. The molecule has 0 aromatic carbocycles. The van der Waals surface area contributed by atoms with E-state index >= 15 is 0 Å². The topological polar surface area (TPSA) is 70.5 Å². The van der Waals surface area contributed by atoms with Crippen molar-refractivity contribution < 1.29 is 9.84 Å². The zero-order valence-corrected chi connectivity index (χ0v) is 12.2. The van der Waals surface area contributed by atoms with Gasteiger partial charge in [0.25, 0.3) is 0 Å². The van der Waals surface area contributed by atoms with E-state index in [1.807, 2.05) is 19.3 Å². The van der Waals surface area contributed by atoms with Gasteiger partial charge < -0.3 is 20.1 Å². The van der Waals surface area contributed by atoms with Crippen LogP contribution in [0.2, 0.25) is 0 Å². The third kappa shape index (κ3) is 4.13. The molecule has 1 saturated heterocycles. The van der Waals surface area contributed by atoms with Gasteiger partial charge in [0.1, 0.15) is 0 Å². The highest BCUT2D eigenvalue weighted by Crippen LogP contribution is 2.22. The average molecular weight is 280 g/mol. The number of aliphatic hydroxyl groups is 1. The number of rotatable bonds is 7. The first-order valence-electron chi connectivity index (χ1n) is 7.14. The highest BCUT2D eigenvalue weighted by Gasteiger charge is 2.27. The Morgan fingerprint density at radius 3 is 2.85 bits per heavy atom. The van der Waals surface area contributed by atoms with E-state index in [0.717, 1.165) is 44.1 Å². The molecule has 1 aliphatic rings. The molecule has 6 heteroatoms. The molecule has 20 heavy (non-hydrogen) atoms. The van der Waals surface area contributed by atoms with E-state index in [1.165, 1.54) is 0 Å². The second-order valence-corrected chi connectivity index (χ2v) is 5.30. The summed E-state index contributed by atoms with van der Waals surface area (Å²) in [7, 11) is 1.69. The third-order valence-electron chi connectivity index (χ3n) is 3.69. The molecule has 2 N–H and O–H groups in total. The lowest BCUT2D eigenvalue weighted by Crippen LogP contribution is -2.25. The normalized spacial score (nSPS) is 20.4. The number of aliphatic hydroxyl groups excluding tert-OH is 1. The number of aromatic nitrogens is 2. The van der Waals surface area contributed by atoms with Crippen molar-refractivity contribution in [2.24, 2.45) is 5.92 Å². The van der Waals surface area contributed by atoms with Crippen LogP contribution in [0.3, 0.4) is 0 Å². The number of hydrogen-bond donors (Lipinski definition) is 2. The molecule has 112 valence electrons. The van der Waals surface area contributed by atoms with Crippen molar-refractivity contribution in [1.29, 1.82) is 0 Å². The predicted molar refractivity (Wildman–Crippen MR) is 77.6 cm³/mol. The van der Waals surface area contributed by atoms with E-state index in [9.17, 15) is 5.11 Å². The molecule has 1 aliphatic heterocycles. The molecule has 0 bridgehead atoms. The van der Waals surface area contributed by atoms with E-state index in [-0.39, 0.29) is 6.10 Å². The van der Waals surface area contributed by atoms with Crippen molar-refractivity contribution in [2.45, 2.75) is 26.0 Å². The van der Waals surface area contributed by atoms with Crippen LogP contribution in [0.25, 0.3) is 0 Å². The van der Waals surface area contributed by atoms with Gasteiger partial charge in [0.05, 0.1) is 12.7 Å². The number of methoxy groups -OCH3 is 1. The van der Waals surface area contributed by atoms with Crippen LogP contribution in [0.4, 0.5) is 5.95 Å². The molecule has 2 rings (SSSR count). The lowest BCUT2D eigenvalue weighted by molar-refractivity contribution is 0.136. The molecular weight excluding hydrogens is 256 g/mol. The van der Waals surface area contributed by atoms with Crippen LogP contribution in [0.1, 0.15) is 18.9 Å². The molecule has 2 atom stereocenters. The summed E-state index contributed by atoms with van der Waals surface area (Å²) in [5.41, 5.74) is 1.07. The van der Waals surface area contributed by atoms with E-state index in [1.54, 1.807) is 7.11 Å². The van der Waals surface area contributed by atoms with Gasteiger partial charge in [0, 0.05) is 57.2 Å². The summed E-state index contributed by atoms with van der Waals surface area (Å²) in [5.74, 6) is 1.09. The third-order valence-corrected chi connectivity index (χ3v) is 3.69. The Labute approximate surface area is 120 Å². The van der Waals surface area contributed by atoms with Crippen LogP contribution < -0.4 is 10.2 Å². The maximum Gasteiger partial charge on any atom is 0.225 e. The van der Waals surface area contributed by atoms with Gasteiger partial charge in [0.15, 0.2) is 0 Å². The van der Waals surface area contributed by atoms with E-state index in [0.29, 0.717) is 12.5 Å². The van der Waals surface area contributed by atoms with Crippen LogP contribution in [0.5, 0.6) is 0 Å². The van der Waals surface area contributed by atoms with Gasteiger partial charge in [-0.25, -0.2) is 9.97 Å². The second kappa shape index (κ2) is 7.52. The van der Waals surface area contributed by atoms with Crippen LogP contribution >= 0.6 is 0 Å². The van der Waals surface area contributed by atoms with Gasteiger partial charge in [-0.3, -0.25) is 0 Å². The molecule has 0 saturated carbocycles. The minimum absolute atomic E-state index is 0.260. The molecule has 0 spiro atoms. The summed E-state index contributed by atoms with van der Waals surface area (Å²) in [5, 5.41) is 12.9. The fourth-order valence-electron chi connectivity index (χ4n) is 2.37. The second-order valence-electron chi connectivity index (χ2n) is 5.30. The SMILES string of the molecule is COCCNCc1cnc(N2CCC(C(C)O)C2)nc1. The largest absolute Gasteiger partial charge is 0.393 e. The molecule has 1 aromatic rings. The molecule has 2 unspecified atom stereocenters. The Bertz CT molecular complexity index is 397. The summed E-state index contributed by atoms with van der Waals surface area (Å²) in [6.07, 6.45) is 4.46. The Morgan fingerprint density at radius 1 is 1.50 bits per heavy atom. The molecule has 0 amide bonds. The van der Waals surface area contributed by atoms with Crippen LogP contribution in [0, 0.1) is 5.92 Å². The van der Waals surface area contributed by atoms with Gasteiger partial charge in [-0.1, -0.05) is 0 Å². The Kier molecular flexibility index (Phi) is 5.70. The van der Waals surface area contributed by atoms with Gasteiger partial charge in [-0.15, -0.1) is 0 Å². The Balaban J connectivity index is 1.82. The number of nitrogens with zero attached hydrogens (tertiary/aromatic N) is 3. The fourth-order valence-corrected chi connectivity index (χ4v) is 2.37. The highest BCUT2D eigenvalue weighted by molar-refractivity contribution is 5.31. The number of ether oxygens (including phenoxy) is 1. The van der Waals surface area contributed by atoms with Crippen LogP contribution in [-0.4, -0.2) is 54.5 Å². The zero-order valence-electron chi connectivity index (χ0n) is 12.2. The highest BCUT2D eigenvalue weighted by atomic mass is 16.5. The number of anilines is 1. The lowest BCUT2D eigenvalue weighted by atomic mass is 10.0. The van der Waals surface area contributed by atoms with Gasteiger partial charge in [-0.05, 0) is 13.3 Å². The van der Waals surface area contributed by atoms with E-state index < -0.39 is 0 Å². The van der Waals surface area contributed by atoms with Crippen molar-refractivity contribution in [1.82, 2.24) is 15.3 Å². The van der Waals surface area contributed by atoms with Crippen molar-refractivity contribution in [3.8, 4) is 0 Å². The molecule has 2 heterocycles. The summed E-state index contributed by atoms with van der Waals surface area (Å²) < 4.78 is 4.97. The minimum atomic E-state index is -0.260. The smallest absolute Gasteiger partial charge is 0.225 e. The fraction of sp³-hybridized carbons (Fsp3) is 0.714. The molecule has 6 nitrogen and oxygen atoms in total. The van der Waals surface area contributed by atoms with Gasteiger partial charge in [0.2, 0.25) is 5.95 Å². The predicted octanol–water partition coefficient (Wildman–Crippen LogP) is 0.420.